The van der Waals surface area contributed by atoms with Gasteiger partial charge >= 0.3 is 0 Å². The molecule has 0 saturated carbocycles. The van der Waals surface area contributed by atoms with Crippen LogP contribution in [0.5, 0.6) is 5.75 Å². The third kappa shape index (κ3) is 10.1. The largest absolute Gasteiger partial charge is 0.494 e. The normalized spacial score (nSPS) is 10.4. The van der Waals surface area contributed by atoms with Crippen LogP contribution < -0.4 is 10.1 Å². The average molecular weight is 413 g/mol. The Morgan fingerprint density at radius 2 is 1.48 bits per heavy atom. The highest BCUT2D eigenvalue weighted by atomic mass is 32.1. The number of amides is 1. The van der Waals surface area contributed by atoms with Crippen LogP contribution in [0.4, 0.5) is 0 Å². The van der Waals surface area contributed by atoms with Crippen molar-refractivity contribution in [1.82, 2.24) is 5.32 Å². The first-order valence-corrected chi connectivity index (χ1v) is 11.6. The molecular formula is C24H32N2O2S. The third-order valence-electron chi connectivity index (χ3n) is 4.81. The maximum absolute atomic E-state index is 11.9. The van der Waals surface area contributed by atoms with Crippen molar-refractivity contribution in [3.8, 4) is 11.8 Å². The monoisotopic (exact) mass is 412 g/mol. The number of thiophene rings is 1. The molecule has 1 aromatic carbocycles. The summed E-state index contributed by atoms with van der Waals surface area (Å²) in [5.41, 5.74) is 0. The van der Waals surface area contributed by atoms with Gasteiger partial charge in [0.15, 0.2) is 0 Å². The molecule has 0 aliphatic rings. The average Bonchev–Trinajstić information content (AvgIpc) is 3.24. The molecule has 0 radical (unpaired) electrons. The number of unbranched alkanes of at least 4 members (excludes halogenated alkanes) is 9. The van der Waals surface area contributed by atoms with Gasteiger partial charge < -0.3 is 10.1 Å². The summed E-state index contributed by atoms with van der Waals surface area (Å²) in [5, 5.41) is 11.7. The van der Waals surface area contributed by atoms with E-state index >= 15 is 0 Å². The van der Waals surface area contributed by atoms with Crippen molar-refractivity contribution in [2.24, 2.45) is 0 Å². The zero-order chi connectivity index (χ0) is 20.6. The smallest absolute Gasteiger partial charge is 0.261 e. The SMILES string of the molecule is N#Cc1ccc(C(=O)NCCCCCCCCCCCCOc2ccccc2)s1. The Morgan fingerprint density at radius 1 is 0.862 bits per heavy atom. The number of nitrogens with zero attached hydrogens (tertiary/aromatic N) is 1. The molecule has 29 heavy (non-hydrogen) atoms. The molecule has 1 aromatic heterocycles. The van der Waals surface area contributed by atoms with Gasteiger partial charge in [0.2, 0.25) is 0 Å². The van der Waals surface area contributed by atoms with Gasteiger partial charge in [-0.2, -0.15) is 5.26 Å². The van der Waals surface area contributed by atoms with E-state index in [1.807, 2.05) is 30.3 Å². The Balaban J connectivity index is 1.32. The molecule has 0 unspecified atom stereocenters. The number of carbonyl (C=O) groups is 1. The molecule has 0 atom stereocenters. The Hall–Kier alpha value is -2.32. The van der Waals surface area contributed by atoms with Gasteiger partial charge in [0.25, 0.3) is 5.91 Å². The van der Waals surface area contributed by atoms with Crippen LogP contribution in [0.1, 0.15) is 78.8 Å². The molecule has 5 heteroatoms. The molecule has 4 nitrogen and oxygen atoms in total. The number of rotatable bonds is 15. The summed E-state index contributed by atoms with van der Waals surface area (Å²) in [5.74, 6) is 0.900. The van der Waals surface area contributed by atoms with Crippen molar-refractivity contribution in [1.29, 1.82) is 5.26 Å². The van der Waals surface area contributed by atoms with E-state index in [0.717, 1.165) is 31.6 Å². The molecule has 0 fully saturated rings. The van der Waals surface area contributed by atoms with Crippen molar-refractivity contribution in [3.05, 3.63) is 52.2 Å². The molecule has 1 N–H and O–H groups in total. The van der Waals surface area contributed by atoms with Gasteiger partial charge in [-0.05, 0) is 37.1 Å². The van der Waals surface area contributed by atoms with Crippen molar-refractivity contribution in [2.45, 2.75) is 64.2 Å². The summed E-state index contributed by atoms with van der Waals surface area (Å²) in [6.07, 6.45) is 12.3. The number of hydrogen-bond acceptors (Lipinski definition) is 4. The van der Waals surface area contributed by atoms with Crippen molar-refractivity contribution in [2.75, 3.05) is 13.2 Å². The Bertz CT molecular complexity index is 737. The second kappa shape index (κ2) is 14.6. The van der Waals surface area contributed by atoms with E-state index in [0.29, 0.717) is 16.3 Å². The molecule has 0 aliphatic heterocycles. The third-order valence-corrected chi connectivity index (χ3v) is 5.80. The van der Waals surface area contributed by atoms with E-state index in [2.05, 4.69) is 11.4 Å². The van der Waals surface area contributed by atoms with Crippen LogP contribution in [0.25, 0.3) is 0 Å². The molecule has 1 heterocycles. The van der Waals surface area contributed by atoms with Crippen LogP contribution in [0.3, 0.4) is 0 Å². The fraction of sp³-hybridized carbons (Fsp3) is 0.500. The summed E-state index contributed by atoms with van der Waals surface area (Å²) in [7, 11) is 0. The molecule has 2 aromatic rings. The summed E-state index contributed by atoms with van der Waals surface area (Å²) < 4.78 is 5.71. The van der Waals surface area contributed by atoms with E-state index in [1.165, 1.54) is 56.3 Å². The minimum absolute atomic E-state index is 0.0642. The summed E-state index contributed by atoms with van der Waals surface area (Å²) in [6, 6.07) is 15.5. The Labute approximate surface area is 178 Å². The lowest BCUT2D eigenvalue weighted by Crippen LogP contribution is -2.23. The van der Waals surface area contributed by atoms with Gasteiger partial charge in [0, 0.05) is 6.54 Å². The lowest BCUT2D eigenvalue weighted by molar-refractivity contribution is 0.0957. The van der Waals surface area contributed by atoms with E-state index in [-0.39, 0.29) is 5.91 Å². The molecule has 0 spiro atoms. The molecule has 0 aliphatic carbocycles. The molecule has 0 saturated heterocycles. The lowest BCUT2D eigenvalue weighted by Gasteiger charge is -2.06. The highest BCUT2D eigenvalue weighted by molar-refractivity contribution is 7.14. The van der Waals surface area contributed by atoms with E-state index in [4.69, 9.17) is 10.00 Å². The van der Waals surface area contributed by atoms with Crippen LogP contribution in [0.2, 0.25) is 0 Å². The van der Waals surface area contributed by atoms with E-state index < -0.39 is 0 Å². The van der Waals surface area contributed by atoms with Gasteiger partial charge in [0.1, 0.15) is 16.7 Å². The predicted molar refractivity (Wildman–Crippen MR) is 119 cm³/mol. The molecular weight excluding hydrogens is 380 g/mol. The minimum atomic E-state index is -0.0642. The van der Waals surface area contributed by atoms with Gasteiger partial charge in [-0.1, -0.05) is 69.6 Å². The summed E-state index contributed by atoms with van der Waals surface area (Å²) in [4.78, 5) is 13.1. The first-order chi connectivity index (χ1) is 14.3. The Kier molecular flexibility index (Phi) is 11.6. The number of carbonyl (C=O) groups excluding carboxylic acids is 1. The Morgan fingerprint density at radius 3 is 2.10 bits per heavy atom. The van der Waals surface area contributed by atoms with Crippen LogP contribution in [0, 0.1) is 11.3 Å². The summed E-state index contributed by atoms with van der Waals surface area (Å²) in [6.45, 7) is 1.52. The summed E-state index contributed by atoms with van der Waals surface area (Å²) >= 11 is 1.25. The van der Waals surface area contributed by atoms with Gasteiger partial charge in [-0.3, -0.25) is 4.79 Å². The van der Waals surface area contributed by atoms with E-state index in [1.54, 1.807) is 12.1 Å². The minimum Gasteiger partial charge on any atom is -0.494 e. The molecule has 156 valence electrons. The number of ether oxygens (including phenoxy) is 1. The highest BCUT2D eigenvalue weighted by Crippen LogP contribution is 2.15. The second-order valence-corrected chi connectivity index (χ2v) is 8.31. The number of nitriles is 1. The fourth-order valence-corrected chi connectivity index (χ4v) is 3.88. The standard InChI is InChI=1S/C24H32N2O2S/c25-20-22-16-17-23(29-22)24(27)26-18-12-7-5-3-1-2-4-6-8-13-19-28-21-14-10-9-11-15-21/h9-11,14-17H,1-8,12-13,18-19H2,(H,26,27). The maximum Gasteiger partial charge on any atom is 0.261 e. The van der Waals surface area contributed by atoms with Crippen LogP contribution in [-0.2, 0) is 0 Å². The fourth-order valence-electron chi connectivity index (χ4n) is 3.16. The first kappa shape index (κ1) is 23.0. The van der Waals surface area contributed by atoms with Gasteiger partial charge in [-0.15, -0.1) is 11.3 Å². The molecule has 2 rings (SSSR count). The lowest BCUT2D eigenvalue weighted by atomic mass is 10.1. The van der Waals surface area contributed by atoms with Gasteiger partial charge in [-0.25, -0.2) is 0 Å². The van der Waals surface area contributed by atoms with Crippen molar-refractivity contribution >= 4 is 17.2 Å². The zero-order valence-corrected chi connectivity index (χ0v) is 18.0. The molecule has 0 bridgehead atoms. The van der Waals surface area contributed by atoms with Crippen molar-refractivity contribution in [3.63, 3.8) is 0 Å². The number of para-hydroxylation sites is 1. The van der Waals surface area contributed by atoms with Crippen LogP contribution >= 0.6 is 11.3 Å². The molecule has 1 amide bonds. The topological polar surface area (TPSA) is 62.1 Å². The quantitative estimate of drug-likeness (QED) is 0.348. The number of nitrogens with one attached hydrogen (secondary N) is 1. The first-order valence-electron chi connectivity index (χ1n) is 10.8. The number of benzene rings is 1. The zero-order valence-electron chi connectivity index (χ0n) is 17.2. The predicted octanol–water partition coefficient (Wildman–Crippen LogP) is 6.33. The second-order valence-electron chi connectivity index (χ2n) is 7.23. The van der Waals surface area contributed by atoms with Crippen LogP contribution in [0.15, 0.2) is 42.5 Å². The van der Waals surface area contributed by atoms with Crippen molar-refractivity contribution < 1.29 is 9.53 Å². The van der Waals surface area contributed by atoms with Gasteiger partial charge in [0.05, 0.1) is 11.5 Å². The van der Waals surface area contributed by atoms with E-state index in [9.17, 15) is 4.79 Å². The van der Waals surface area contributed by atoms with Crippen LogP contribution in [-0.4, -0.2) is 19.1 Å². The maximum atomic E-state index is 11.9. The highest BCUT2D eigenvalue weighted by Gasteiger charge is 2.07. The number of hydrogen-bond donors (Lipinski definition) is 1.